The largest absolute Gasteiger partial charge is 0.301 e. The molecule has 0 spiro atoms. The lowest BCUT2D eigenvalue weighted by atomic mass is 10.0. The standard InChI is InChI=1S/C11H20N2O/c1-11(2,9-14)13-7-6-12-5-3-4-10(12)8-13/h9-10H,3-8H2,1-2H3. The lowest BCUT2D eigenvalue weighted by molar-refractivity contribution is -0.118. The molecular weight excluding hydrogens is 176 g/mol. The highest BCUT2D eigenvalue weighted by atomic mass is 16.1. The van der Waals surface area contributed by atoms with Gasteiger partial charge in [0.25, 0.3) is 0 Å². The van der Waals surface area contributed by atoms with Crippen LogP contribution in [-0.4, -0.2) is 53.8 Å². The maximum Gasteiger partial charge on any atom is 0.139 e. The molecular formula is C11H20N2O. The molecule has 0 amide bonds. The quantitative estimate of drug-likeness (QED) is 0.609. The van der Waals surface area contributed by atoms with Crippen molar-refractivity contribution in [3.63, 3.8) is 0 Å². The molecule has 2 aliphatic rings. The zero-order valence-electron chi connectivity index (χ0n) is 9.20. The van der Waals surface area contributed by atoms with Crippen LogP contribution in [0.4, 0.5) is 0 Å². The van der Waals surface area contributed by atoms with E-state index >= 15 is 0 Å². The third-order valence-corrected chi connectivity index (χ3v) is 3.69. The first kappa shape index (κ1) is 10.1. The summed E-state index contributed by atoms with van der Waals surface area (Å²) in [5.41, 5.74) is -0.269. The molecule has 2 aliphatic heterocycles. The SMILES string of the molecule is CC(C)(C=O)N1CCN2CCCC2C1. The van der Waals surface area contributed by atoms with Crippen LogP contribution in [0.5, 0.6) is 0 Å². The average Bonchev–Trinajstić information content (AvgIpc) is 2.64. The van der Waals surface area contributed by atoms with E-state index in [0.29, 0.717) is 6.04 Å². The Bertz CT molecular complexity index is 227. The number of carbonyl (C=O) groups is 1. The van der Waals surface area contributed by atoms with Gasteiger partial charge in [0.15, 0.2) is 0 Å². The molecule has 2 fully saturated rings. The summed E-state index contributed by atoms with van der Waals surface area (Å²) < 4.78 is 0. The predicted octanol–water partition coefficient (Wildman–Crippen LogP) is 0.744. The number of hydrogen-bond donors (Lipinski definition) is 0. The van der Waals surface area contributed by atoms with Gasteiger partial charge < -0.3 is 4.79 Å². The summed E-state index contributed by atoms with van der Waals surface area (Å²) in [4.78, 5) is 15.9. The number of hydrogen-bond acceptors (Lipinski definition) is 3. The van der Waals surface area contributed by atoms with Crippen molar-refractivity contribution in [3.05, 3.63) is 0 Å². The number of fused-ring (bicyclic) bond motifs is 1. The van der Waals surface area contributed by atoms with E-state index < -0.39 is 0 Å². The topological polar surface area (TPSA) is 23.6 Å². The van der Waals surface area contributed by atoms with Crippen molar-refractivity contribution in [2.75, 3.05) is 26.2 Å². The van der Waals surface area contributed by atoms with Gasteiger partial charge in [0.1, 0.15) is 6.29 Å². The van der Waals surface area contributed by atoms with Crippen LogP contribution in [0.2, 0.25) is 0 Å². The van der Waals surface area contributed by atoms with Crippen LogP contribution >= 0.6 is 0 Å². The molecule has 0 aliphatic carbocycles. The highest BCUT2D eigenvalue weighted by Gasteiger charge is 2.36. The van der Waals surface area contributed by atoms with Crippen LogP contribution < -0.4 is 0 Å². The van der Waals surface area contributed by atoms with Gasteiger partial charge in [0.05, 0.1) is 5.54 Å². The molecule has 2 rings (SSSR count). The molecule has 0 radical (unpaired) electrons. The van der Waals surface area contributed by atoms with Crippen LogP contribution in [0, 0.1) is 0 Å². The fraction of sp³-hybridized carbons (Fsp3) is 0.909. The summed E-state index contributed by atoms with van der Waals surface area (Å²) in [7, 11) is 0. The zero-order chi connectivity index (χ0) is 10.2. The van der Waals surface area contributed by atoms with Crippen LogP contribution in [0.15, 0.2) is 0 Å². The third-order valence-electron chi connectivity index (χ3n) is 3.69. The Hall–Kier alpha value is -0.410. The smallest absolute Gasteiger partial charge is 0.139 e. The lowest BCUT2D eigenvalue weighted by Gasteiger charge is -2.43. The van der Waals surface area contributed by atoms with Gasteiger partial charge in [0, 0.05) is 25.7 Å². The van der Waals surface area contributed by atoms with E-state index in [4.69, 9.17) is 0 Å². The molecule has 14 heavy (non-hydrogen) atoms. The van der Waals surface area contributed by atoms with Gasteiger partial charge >= 0.3 is 0 Å². The third kappa shape index (κ3) is 1.71. The van der Waals surface area contributed by atoms with Crippen LogP contribution in [0.3, 0.4) is 0 Å². The van der Waals surface area contributed by atoms with E-state index in [2.05, 4.69) is 9.80 Å². The Balaban J connectivity index is 2.00. The van der Waals surface area contributed by atoms with Crippen LogP contribution in [-0.2, 0) is 4.79 Å². The highest BCUT2D eigenvalue weighted by molar-refractivity contribution is 5.62. The monoisotopic (exact) mass is 196 g/mol. The van der Waals surface area contributed by atoms with Crippen molar-refractivity contribution in [1.82, 2.24) is 9.80 Å². The van der Waals surface area contributed by atoms with E-state index in [1.807, 2.05) is 13.8 Å². The second-order valence-corrected chi connectivity index (χ2v) is 5.05. The molecule has 0 N–H and O–H groups in total. The second-order valence-electron chi connectivity index (χ2n) is 5.05. The molecule has 1 unspecified atom stereocenters. The molecule has 2 saturated heterocycles. The lowest BCUT2D eigenvalue weighted by Crippen LogP contribution is -2.57. The Morgan fingerprint density at radius 1 is 1.29 bits per heavy atom. The van der Waals surface area contributed by atoms with Gasteiger partial charge in [-0.25, -0.2) is 0 Å². The van der Waals surface area contributed by atoms with Gasteiger partial charge in [0.2, 0.25) is 0 Å². The molecule has 3 nitrogen and oxygen atoms in total. The minimum absolute atomic E-state index is 0.269. The molecule has 0 saturated carbocycles. The van der Waals surface area contributed by atoms with E-state index in [-0.39, 0.29) is 5.54 Å². The summed E-state index contributed by atoms with van der Waals surface area (Å²) in [5, 5.41) is 0. The van der Waals surface area contributed by atoms with E-state index in [1.54, 1.807) is 0 Å². The van der Waals surface area contributed by atoms with Crippen LogP contribution in [0.1, 0.15) is 26.7 Å². The molecule has 1 atom stereocenters. The van der Waals surface area contributed by atoms with Gasteiger partial charge in [-0.15, -0.1) is 0 Å². The van der Waals surface area contributed by atoms with E-state index in [1.165, 1.54) is 19.4 Å². The first-order valence-electron chi connectivity index (χ1n) is 5.59. The van der Waals surface area contributed by atoms with Gasteiger partial charge in [-0.2, -0.15) is 0 Å². The van der Waals surface area contributed by atoms with Crippen molar-refractivity contribution in [1.29, 1.82) is 0 Å². The Labute approximate surface area is 86.1 Å². The zero-order valence-corrected chi connectivity index (χ0v) is 9.20. The molecule has 3 heteroatoms. The Kier molecular flexibility index (Phi) is 2.62. The number of carbonyl (C=O) groups excluding carboxylic acids is 1. The number of piperazine rings is 1. The van der Waals surface area contributed by atoms with Gasteiger partial charge in [-0.1, -0.05) is 0 Å². The number of nitrogens with zero attached hydrogens (tertiary/aromatic N) is 2. The maximum absolute atomic E-state index is 11.0. The van der Waals surface area contributed by atoms with Gasteiger partial charge in [-0.05, 0) is 33.2 Å². The first-order chi connectivity index (χ1) is 6.63. The summed E-state index contributed by atoms with van der Waals surface area (Å²) in [6, 6.07) is 0.711. The molecule has 0 bridgehead atoms. The number of rotatable bonds is 2. The van der Waals surface area contributed by atoms with Gasteiger partial charge in [-0.3, -0.25) is 9.80 Å². The maximum atomic E-state index is 11.0. The minimum atomic E-state index is -0.269. The van der Waals surface area contributed by atoms with Crippen molar-refractivity contribution in [2.45, 2.75) is 38.3 Å². The normalized spacial score (nSPS) is 30.3. The first-order valence-corrected chi connectivity index (χ1v) is 5.59. The summed E-state index contributed by atoms with van der Waals surface area (Å²) in [6.07, 6.45) is 3.73. The van der Waals surface area contributed by atoms with Crippen molar-refractivity contribution < 1.29 is 4.79 Å². The Morgan fingerprint density at radius 3 is 2.79 bits per heavy atom. The molecule has 80 valence electrons. The molecule has 0 aromatic carbocycles. The summed E-state index contributed by atoms with van der Waals surface area (Å²) in [5.74, 6) is 0. The van der Waals surface area contributed by atoms with E-state index in [0.717, 1.165) is 25.9 Å². The average molecular weight is 196 g/mol. The predicted molar refractivity (Wildman–Crippen MR) is 56.3 cm³/mol. The Morgan fingerprint density at radius 2 is 2.07 bits per heavy atom. The van der Waals surface area contributed by atoms with Crippen molar-refractivity contribution in [3.8, 4) is 0 Å². The minimum Gasteiger partial charge on any atom is -0.301 e. The fourth-order valence-electron chi connectivity index (χ4n) is 2.59. The molecule has 2 heterocycles. The molecule has 0 aromatic heterocycles. The van der Waals surface area contributed by atoms with Crippen molar-refractivity contribution in [2.24, 2.45) is 0 Å². The molecule has 0 aromatic rings. The summed E-state index contributed by atoms with van der Waals surface area (Å²) >= 11 is 0. The highest BCUT2D eigenvalue weighted by Crippen LogP contribution is 2.25. The summed E-state index contributed by atoms with van der Waals surface area (Å²) in [6.45, 7) is 8.56. The van der Waals surface area contributed by atoms with Crippen molar-refractivity contribution >= 4 is 6.29 Å². The van der Waals surface area contributed by atoms with E-state index in [9.17, 15) is 4.79 Å². The fourth-order valence-corrected chi connectivity index (χ4v) is 2.59. The number of aldehydes is 1. The second kappa shape index (κ2) is 3.63. The van der Waals surface area contributed by atoms with Crippen LogP contribution in [0.25, 0.3) is 0 Å².